The second-order valence-corrected chi connectivity index (χ2v) is 6.97. The molecule has 0 atom stereocenters. The molecule has 25 heavy (non-hydrogen) atoms. The molecule has 1 saturated carbocycles. The van der Waals surface area contributed by atoms with Crippen LogP contribution in [0.25, 0.3) is 0 Å². The first-order chi connectivity index (χ1) is 12.0. The molecule has 1 saturated heterocycles. The van der Waals surface area contributed by atoms with Gasteiger partial charge in [-0.05, 0) is 44.6 Å². The van der Waals surface area contributed by atoms with Crippen LogP contribution in [0.5, 0.6) is 0 Å². The average Bonchev–Trinajstić information content (AvgIpc) is 3.16. The minimum Gasteiger partial charge on any atom is -0.481 e. The summed E-state index contributed by atoms with van der Waals surface area (Å²) in [6.07, 6.45) is 6.83. The summed E-state index contributed by atoms with van der Waals surface area (Å²) in [5.74, 6) is -1.15. The SMILES string of the molecule is O=C(O)C1CCC(C(=O)NC2CCN(C(=O)c3ccoc3)CC2)CC1. The lowest BCUT2D eigenvalue weighted by Crippen LogP contribution is -2.48. The quantitative estimate of drug-likeness (QED) is 0.865. The molecule has 2 N–H and O–H groups in total. The number of nitrogens with zero attached hydrogens (tertiary/aromatic N) is 1. The van der Waals surface area contributed by atoms with Crippen LogP contribution < -0.4 is 5.32 Å². The van der Waals surface area contributed by atoms with Crippen LogP contribution >= 0.6 is 0 Å². The van der Waals surface area contributed by atoms with Crippen molar-refractivity contribution in [1.82, 2.24) is 10.2 Å². The van der Waals surface area contributed by atoms with Crippen molar-refractivity contribution >= 4 is 17.8 Å². The molecule has 2 fully saturated rings. The van der Waals surface area contributed by atoms with Gasteiger partial charge in [0.2, 0.25) is 5.91 Å². The summed E-state index contributed by atoms with van der Waals surface area (Å²) >= 11 is 0. The first kappa shape index (κ1) is 17.5. The Kier molecular flexibility index (Phi) is 5.40. The number of likely N-dealkylation sites (tertiary alicyclic amines) is 1. The summed E-state index contributed by atoms with van der Waals surface area (Å²) in [5, 5.41) is 12.1. The highest BCUT2D eigenvalue weighted by atomic mass is 16.4. The van der Waals surface area contributed by atoms with Crippen LogP contribution in [-0.4, -0.2) is 46.9 Å². The molecule has 1 aromatic heterocycles. The second kappa shape index (κ2) is 7.72. The van der Waals surface area contributed by atoms with Crippen molar-refractivity contribution < 1.29 is 23.9 Å². The number of piperidine rings is 1. The smallest absolute Gasteiger partial charge is 0.306 e. The Bertz CT molecular complexity index is 611. The van der Waals surface area contributed by atoms with E-state index in [-0.39, 0.29) is 29.7 Å². The Balaban J connectivity index is 1.42. The first-order valence-corrected chi connectivity index (χ1v) is 8.89. The number of hydrogen-bond acceptors (Lipinski definition) is 4. The van der Waals surface area contributed by atoms with Crippen LogP contribution in [0.2, 0.25) is 0 Å². The van der Waals surface area contributed by atoms with Gasteiger partial charge in [0, 0.05) is 25.0 Å². The summed E-state index contributed by atoms with van der Waals surface area (Å²) in [6, 6.07) is 1.74. The van der Waals surface area contributed by atoms with Crippen molar-refractivity contribution in [3.63, 3.8) is 0 Å². The van der Waals surface area contributed by atoms with Crippen LogP contribution in [0.3, 0.4) is 0 Å². The topological polar surface area (TPSA) is 99.8 Å². The number of rotatable bonds is 4. The van der Waals surface area contributed by atoms with Crippen molar-refractivity contribution in [1.29, 1.82) is 0 Å². The number of aliphatic carboxylic acids is 1. The fourth-order valence-corrected chi connectivity index (χ4v) is 3.72. The molecule has 3 rings (SSSR count). The summed E-state index contributed by atoms with van der Waals surface area (Å²) < 4.78 is 4.95. The van der Waals surface area contributed by atoms with Gasteiger partial charge in [0.15, 0.2) is 0 Å². The molecule has 0 bridgehead atoms. The minimum absolute atomic E-state index is 0.0310. The van der Waals surface area contributed by atoms with E-state index < -0.39 is 5.97 Å². The van der Waals surface area contributed by atoms with Gasteiger partial charge in [-0.25, -0.2) is 0 Å². The monoisotopic (exact) mass is 348 g/mol. The molecule has 7 heteroatoms. The third-order valence-corrected chi connectivity index (χ3v) is 5.34. The first-order valence-electron chi connectivity index (χ1n) is 8.89. The molecule has 7 nitrogen and oxygen atoms in total. The van der Waals surface area contributed by atoms with E-state index >= 15 is 0 Å². The number of carbonyl (C=O) groups excluding carboxylic acids is 2. The van der Waals surface area contributed by atoms with E-state index in [1.807, 2.05) is 0 Å². The number of nitrogens with one attached hydrogen (secondary N) is 1. The maximum absolute atomic E-state index is 12.4. The Morgan fingerprint density at radius 2 is 1.68 bits per heavy atom. The lowest BCUT2D eigenvalue weighted by atomic mass is 9.81. The van der Waals surface area contributed by atoms with Crippen molar-refractivity contribution in [2.24, 2.45) is 11.8 Å². The molecule has 1 aliphatic carbocycles. The third-order valence-electron chi connectivity index (χ3n) is 5.34. The average molecular weight is 348 g/mol. The minimum atomic E-state index is -0.756. The number of hydrogen-bond donors (Lipinski definition) is 2. The molecule has 0 aromatic carbocycles. The van der Waals surface area contributed by atoms with Crippen LogP contribution in [0.15, 0.2) is 23.0 Å². The van der Waals surface area contributed by atoms with Gasteiger partial charge in [-0.1, -0.05) is 0 Å². The van der Waals surface area contributed by atoms with Gasteiger partial charge >= 0.3 is 5.97 Å². The predicted molar refractivity (Wildman–Crippen MR) is 88.9 cm³/mol. The van der Waals surface area contributed by atoms with Gasteiger partial charge in [-0.3, -0.25) is 14.4 Å². The van der Waals surface area contributed by atoms with E-state index in [9.17, 15) is 14.4 Å². The summed E-state index contributed by atoms with van der Waals surface area (Å²) in [7, 11) is 0. The number of furan rings is 1. The molecule has 0 spiro atoms. The number of carboxylic acid groups (broad SMARTS) is 1. The Labute approximate surface area is 146 Å². The molecule has 136 valence electrons. The van der Waals surface area contributed by atoms with Crippen molar-refractivity contribution in [3.05, 3.63) is 24.2 Å². The highest BCUT2D eigenvalue weighted by molar-refractivity contribution is 5.93. The molecular weight excluding hydrogens is 324 g/mol. The highest BCUT2D eigenvalue weighted by Gasteiger charge is 2.31. The van der Waals surface area contributed by atoms with E-state index in [1.54, 1.807) is 11.0 Å². The van der Waals surface area contributed by atoms with Crippen LogP contribution in [0.1, 0.15) is 48.9 Å². The van der Waals surface area contributed by atoms with E-state index in [4.69, 9.17) is 9.52 Å². The second-order valence-electron chi connectivity index (χ2n) is 6.97. The molecule has 2 amide bonds. The standard InChI is InChI=1S/C18H24N2O5/c21-16(12-1-3-13(4-2-12)18(23)24)19-15-5-8-20(9-6-15)17(22)14-7-10-25-11-14/h7,10-13,15H,1-6,8-9H2,(H,19,21)(H,23,24). The summed E-state index contributed by atoms with van der Waals surface area (Å²) in [6.45, 7) is 1.22. The van der Waals surface area contributed by atoms with Crippen LogP contribution in [-0.2, 0) is 9.59 Å². The number of carboxylic acids is 1. The van der Waals surface area contributed by atoms with E-state index in [0.29, 0.717) is 44.3 Å². The van der Waals surface area contributed by atoms with E-state index in [2.05, 4.69) is 5.32 Å². The maximum Gasteiger partial charge on any atom is 0.306 e. The lowest BCUT2D eigenvalue weighted by molar-refractivity contribution is -0.144. The molecule has 2 heterocycles. The van der Waals surface area contributed by atoms with Crippen molar-refractivity contribution in [3.8, 4) is 0 Å². The fraction of sp³-hybridized carbons (Fsp3) is 0.611. The fourth-order valence-electron chi connectivity index (χ4n) is 3.72. The Hall–Kier alpha value is -2.31. The van der Waals surface area contributed by atoms with Gasteiger partial charge in [-0.15, -0.1) is 0 Å². The molecular formula is C18H24N2O5. The van der Waals surface area contributed by atoms with Crippen molar-refractivity contribution in [2.45, 2.75) is 44.6 Å². The normalized spacial score (nSPS) is 24.7. The highest BCUT2D eigenvalue weighted by Crippen LogP contribution is 2.29. The summed E-state index contributed by atoms with van der Waals surface area (Å²) in [5.41, 5.74) is 0.553. The van der Waals surface area contributed by atoms with Gasteiger partial charge in [0.25, 0.3) is 5.91 Å². The van der Waals surface area contributed by atoms with Gasteiger partial charge in [0.05, 0.1) is 17.7 Å². The number of amides is 2. The summed E-state index contributed by atoms with van der Waals surface area (Å²) in [4.78, 5) is 37.4. The largest absolute Gasteiger partial charge is 0.481 e. The van der Waals surface area contributed by atoms with Gasteiger partial charge in [-0.2, -0.15) is 0 Å². The van der Waals surface area contributed by atoms with Crippen molar-refractivity contribution in [2.75, 3.05) is 13.1 Å². The Morgan fingerprint density at radius 3 is 2.24 bits per heavy atom. The van der Waals surface area contributed by atoms with Gasteiger partial charge < -0.3 is 19.7 Å². The Morgan fingerprint density at radius 1 is 1.04 bits per heavy atom. The zero-order chi connectivity index (χ0) is 17.8. The lowest BCUT2D eigenvalue weighted by Gasteiger charge is -2.33. The molecule has 2 aliphatic rings. The third kappa shape index (κ3) is 4.21. The molecule has 0 unspecified atom stereocenters. The molecule has 1 aromatic rings. The van der Waals surface area contributed by atoms with Crippen LogP contribution in [0, 0.1) is 11.8 Å². The number of carbonyl (C=O) groups is 3. The van der Waals surface area contributed by atoms with Crippen LogP contribution in [0.4, 0.5) is 0 Å². The zero-order valence-corrected chi connectivity index (χ0v) is 14.1. The molecule has 1 aliphatic heterocycles. The van der Waals surface area contributed by atoms with E-state index in [0.717, 1.165) is 12.8 Å². The predicted octanol–water partition coefficient (Wildman–Crippen LogP) is 1.89. The maximum atomic E-state index is 12.4. The van der Waals surface area contributed by atoms with E-state index in [1.165, 1.54) is 12.5 Å². The molecule has 0 radical (unpaired) electrons. The zero-order valence-electron chi connectivity index (χ0n) is 14.1. The van der Waals surface area contributed by atoms with Gasteiger partial charge in [0.1, 0.15) is 6.26 Å².